The number of esters is 1. The van der Waals surface area contributed by atoms with Gasteiger partial charge < -0.3 is 4.74 Å². The molecule has 1 atom stereocenters. The molecule has 0 saturated heterocycles. The minimum atomic E-state index is -3.74. The second-order valence-electron chi connectivity index (χ2n) is 1.70. The van der Waals surface area contributed by atoms with Gasteiger partial charge in [-0.05, 0) is 0 Å². The molecule has 0 bridgehead atoms. The number of ether oxygens (including phenoxy) is 1. The van der Waals surface area contributed by atoms with Crippen LogP contribution in [-0.2, 0) is 18.6 Å². The van der Waals surface area contributed by atoms with E-state index in [9.17, 15) is 13.2 Å². The van der Waals surface area contributed by atoms with E-state index < -0.39 is 26.2 Å². The van der Waals surface area contributed by atoms with Crippen molar-refractivity contribution >= 4 is 37.3 Å². The molecule has 0 aromatic heterocycles. The fourth-order valence-corrected chi connectivity index (χ4v) is 2.01. The molecule has 0 heterocycles. The average Bonchev–Trinajstić information content (AvgIpc) is 1.82. The van der Waals surface area contributed by atoms with Crippen LogP contribution in [0.2, 0.25) is 0 Å². The number of alkyl halides is 1. The first-order valence-corrected chi connectivity index (χ1v) is 5.42. The van der Waals surface area contributed by atoms with Gasteiger partial charge in [0, 0.05) is 10.7 Å². The van der Waals surface area contributed by atoms with Crippen LogP contribution in [0.25, 0.3) is 0 Å². The van der Waals surface area contributed by atoms with Gasteiger partial charge in [0.05, 0.1) is 12.9 Å². The Hall–Kier alpha value is -0.000000000000000111. The maximum absolute atomic E-state index is 10.5. The van der Waals surface area contributed by atoms with Crippen molar-refractivity contribution in [3.63, 3.8) is 0 Å². The molecule has 0 aromatic carbocycles. The number of carbonyl (C=O) groups is 1. The molecule has 4 nitrogen and oxygen atoms in total. The molecule has 7 heteroatoms. The first-order valence-electron chi connectivity index (χ1n) is 2.51. The van der Waals surface area contributed by atoms with Crippen LogP contribution < -0.4 is 0 Å². The van der Waals surface area contributed by atoms with Crippen molar-refractivity contribution in [2.75, 3.05) is 12.9 Å². The number of rotatable bonds is 3. The van der Waals surface area contributed by atoms with Crippen LogP contribution in [0, 0.1) is 0 Å². The van der Waals surface area contributed by atoms with E-state index in [4.69, 9.17) is 22.3 Å². The van der Waals surface area contributed by atoms with Gasteiger partial charge in [0.1, 0.15) is 5.38 Å². The zero-order valence-corrected chi connectivity index (χ0v) is 7.91. The van der Waals surface area contributed by atoms with Crippen LogP contribution in [0.15, 0.2) is 0 Å². The fraction of sp³-hybridized carbons (Fsp3) is 0.750. The van der Waals surface area contributed by atoms with Crippen molar-refractivity contribution in [3.8, 4) is 0 Å². The van der Waals surface area contributed by atoms with E-state index >= 15 is 0 Å². The predicted molar refractivity (Wildman–Crippen MR) is 41.3 cm³/mol. The molecule has 0 amide bonds. The zero-order chi connectivity index (χ0) is 9.07. The standard InChI is InChI=1S/C4H6Cl2O4S/c1-10-4(7)3(5)2-11(6,8)9/h3H,2H2,1H3/t3-/m1/s1. The predicted octanol–water partition coefficient (Wildman–Crippen LogP) is 0.335. The molecule has 0 saturated carbocycles. The lowest BCUT2D eigenvalue weighted by molar-refractivity contribution is -0.139. The van der Waals surface area contributed by atoms with Gasteiger partial charge in [-0.25, -0.2) is 8.42 Å². The van der Waals surface area contributed by atoms with Crippen LogP contribution in [0.5, 0.6) is 0 Å². The highest BCUT2D eigenvalue weighted by molar-refractivity contribution is 8.13. The Morgan fingerprint density at radius 1 is 1.64 bits per heavy atom. The Kier molecular flexibility index (Phi) is 4.13. The number of hydrogen-bond acceptors (Lipinski definition) is 4. The van der Waals surface area contributed by atoms with Gasteiger partial charge in [-0.2, -0.15) is 0 Å². The van der Waals surface area contributed by atoms with E-state index in [2.05, 4.69) is 4.74 Å². The highest BCUT2D eigenvalue weighted by Gasteiger charge is 2.22. The summed E-state index contributed by atoms with van der Waals surface area (Å²) in [6.45, 7) is 0. The number of hydrogen-bond donors (Lipinski definition) is 0. The number of methoxy groups -OCH3 is 1. The molecule has 0 radical (unpaired) electrons. The summed E-state index contributed by atoms with van der Waals surface area (Å²) in [6.07, 6.45) is 0. The maximum Gasteiger partial charge on any atom is 0.324 e. The van der Waals surface area contributed by atoms with Gasteiger partial charge in [0.15, 0.2) is 0 Å². The number of carbonyl (C=O) groups excluding carboxylic acids is 1. The SMILES string of the molecule is COC(=O)[C@H](Cl)CS(=O)(=O)Cl. The summed E-state index contributed by atoms with van der Waals surface area (Å²) in [4.78, 5) is 10.5. The number of halogens is 2. The second-order valence-corrected chi connectivity index (χ2v) is 5.04. The van der Waals surface area contributed by atoms with Gasteiger partial charge in [0.2, 0.25) is 9.05 Å². The van der Waals surface area contributed by atoms with E-state index in [0.29, 0.717) is 0 Å². The summed E-state index contributed by atoms with van der Waals surface area (Å²) >= 11 is 5.28. The summed E-state index contributed by atoms with van der Waals surface area (Å²) in [5.74, 6) is -1.43. The summed E-state index contributed by atoms with van der Waals surface area (Å²) in [5, 5.41) is -1.23. The van der Waals surface area contributed by atoms with Crippen LogP contribution >= 0.6 is 22.3 Å². The molecule has 0 aliphatic carbocycles. The van der Waals surface area contributed by atoms with Gasteiger partial charge in [-0.1, -0.05) is 0 Å². The Balaban J connectivity index is 4.09. The van der Waals surface area contributed by atoms with Crippen LogP contribution in [0.4, 0.5) is 0 Å². The molecule has 0 aliphatic rings. The Bertz CT molecular complexity index is 234. The topological polar surface area (TPSA) is 60.4 Å². The monoisotopic (exact) mass is 220 g/mol. The van der Waals surface area contributed by atoms with E-state index in [0.717, 1.165) is 7.11 Å². The molecule has 11 heavy (non-hydrogen) atoms. The third-order valence-corrected chi connectivity index (χ3v) is 2.43. The lowest BCUT2D eigenvalue weighted by atomic mass is 10.5. The normalized spacial score (nSPS) is 14.1. The molecule has 0 aliphatic heterocycles. The molecule has 66 valence electrons. The molecule has 0 fully saturated rings. The van der Waals surface area contributed by atoms with Crippen molar-refractivity contribution in [1.29, 1.82) is 0 Å². The Morgan fingerprint density at radius 2 is 2.09 bits per heavy atom. The van der Waals surface area contributed by atoms with Crippen molar-refractivity contribution in [2.24, 2.45) is 0 Å². The van der Waals surface area contributed by atoms with E-state index in [1.54, 1.807) is 0 Å². The first kappa shape index (κ1) is 11.0. The third-order valence-electron chi connectivity index (χ3n) is 0.802. The van der Waals surface area contributed by atoms with Gasteiger partial charge in [0.25, 0.3) is 0 Å². The zero-order valence-electron chi connectivity index (χ0n) is 5.58. The minimum Gasteiger partial charge on any atom is -0.468 e. The van der Waals surface area contributed by atoms with Crippen LogP contribution in [-0.4, -0.2) is 32.6 Å². The quantitative estimate of drug-likeness (QED) is 0.391. The first-order chi connectivity index (χ1) is 4.87. The van der Waals surface area contributed by atoms with Crippen LogP contribution in [0.3, 0.4) is 0 Å². The Morgan fingerprint density at radius 3 is 2.36 bits per heavy atom. The smallest absolute Gasteiger partial charge is 0.324 e. The summed E-state index contributed by atoms with van der Waals surface area (Å²) < 4.78 is 24.8. The summed E-state index contributed by atoms with van der Waals surface area (Å²) in [6, 6.07) is 0. The molecule has 0 unspecified atom stereocenters. The van der Waals surface area contributed by atoms with E-state index in [1.807, 2.05) is 0 Å². The molecule has 0 spiro atoms. The summed E-state index contributed by atoms with van der Waals surface area (Å²) in [7, 11) is 2.18. The van der Waals surface area contributed by atoms with Crippen molar-refractivity contribution < 1.29 is 17.9 Å². The lowest BCUT2D eigenvalue weighted by Crippen LogP contribution is -2.23. The lowest BCUT2D eigenvalue weighted by Gasteiger charge is -2.02. The minimum absolute atomic E-state index is 0.622. The molecule has 0 rings (SSSR count). The highest BCUT2D eigenvalue weighted by Crippen LogP contribution is 2.06. The van der Waals surface area contributed by atoms with E-state index in [1.165, 1.54) is 0 Å². The molecular weight excluding hydrogens is 215 g/mol. The van der Waals surface area contributed by atoms with Gasteiger partial charge in [-0.15, -0.1) is 11.6 Å². The van der Waals surface area contributed by atoms with Crippen molar-refractivity contribution in [2.45, 2.75) is 5.38 Å². The molecule has 0 aromatic rings. The highest BCUT2D eigenvalue weighted by atomic mass is 35.7. The second kappa shape index (κ2) is 4.13. The fourth-order valence-electron chi connectivity index (χ4n) is 0.371. The average molecular weight is 221 g/mol. The third kappa shape index (κ3) is 5.29. The van der Waals surface area contributed by atoms with Crippen LogP contribution in [0.1, 0.15) is 0 Å². The molecular formula is C4H6Cl2O4S. The summed E-state index contributed by atoms with van der Waals surface area (Å²) in [5.41, 5.74) is 0. The van der Waals surface area contributed by atoms with E-state index in [-0.39, 0.29) is 0 Å². The molecule has 0 N–H and O–H groups in total. The van der Waals surface area contributed by atoms with Gasteiger partial charge >= 0.3 is 5.97 Å². The largest absolute Gasteiger partial charge is 0.468 e. The Labute approximate surface area is 73.8 Å². The van der Waals surface area contributed by atoms with Crippen molar-refractivity contribution in [3.05, 3.63) is 0 Å². The maximum atomic E-state index is 10.5. The van der Waals surface area contributed by atoms with Crippen molar-refractivity contribution in [1.82, 2.24) is 0 Å². The van der Waals surface area contributed by atoms with Gasteiger partial charge in [-0.3, -0.25) is 4.79 Å².